The van der Waals surface area contributed by atoms with Gasteiger partial charge >= 0.3 is 0 Å². The van der Waals surface area contributed by atoms with E-state index in [0.717, 1.165) is 0 Å². The van der Waals surface area contributed by atoms with Gasteiger partial charge in [-0.25, -0.2) is 6.57 Å². The van der Waals surface area contributed by atoms with Crippen molar-refractivity contribution >= 4 is 17.4 Å². The van der Waals surface area contributed by atoms with Gasteiger partial charge in [-0.15, -0.1) is 0 Å². The molecule has 0 saturated carbocycles. The van der Waals surface area contributed by atoms with E-state index in [9.17, 15) is 4.79 Å². The fraction of sp³-hybridized carbons (Fsp3) is 0.125. The van der Waals surface area contributed by atoms with Crippen molar-refractivity contribution in [3.63, 3.8) is 0 Å². The molecule has 0 aliphatic rings. The van der Waals surface area contributed by atoms with Crippen molar-refractivity contribution in [2.45, 2.75) is 0 Å². The summed E-state index contributed by atoms with van der Waals surface area (Å²) >= 11 is 5.60. The lowest BCUT2D eigenvalue weighted by molar-refractivity contribution is 0.101. The van der Waals surface area contributed by atoms with Gasteiger partial charge in [0.1, 0.15) is 0 Å². The van der Waals surface area contributed by atoms with E-state index in [1.807, 2.05) is 0 Å². The summed E-state index contributed by atoms with van der Waals surface area (Å²) in [6.07, 6.45) is 2.84. The highest BCUT2D eigenvalue weighted by Gasteiger charge is 2.08. The summed E-state index contributed by atoms with van der Waals surface area (Å²) in [6, 6.07) is 1.50. The molecule has 1 aromatic heterocycles. The number of nitrogens with zero attached hydrogens (tertiary/aromatic N) is 2. The Kier molecular flexibility index (Phi) is 2.78. The lowest BCUT2D eigenvalue weighted by atomic mass is 10.2. The van der Waals surface area contributed by atoms with Gasteiger partial charge in [-0.2, -0.15) is 0 Å². The van der Waals surface area contributed by atoms with Gasteiger partial charge in [-0.3, -0.25) is 9.78 Å². The molecule has 1 heterocycles. The maximum atomic E-state index is 11.1. The number of carbonyl (C=O) groups is 1. The zero-order valence-electron chi connectivity index (χ0n) is 6.12. The molecule has 0 N–H and O–H groups in total. The Morgan fingerprint density at radius 2 is 2.42 bits per heavy atom. The molecule has 0 atom stereocenters. The number of halogens is 1. The minimum atomic E-state index is -0.250. The molecule has 0 aromatic carbocycles. The smallest absolute Gasteiger partial charge is 0.276 e. The Labute approximate surface area is 74.8 Å². The number of ketones is 1. The Balaban J connectivity index is 2.90. The molecular weight excluding hydrogens is 176 g/mol. The van der Waals surface area contributed by atoms with Crippen LogP contribution in [0, 0.1) is 6.57 Å². The summed E-state index contributed by atoms with van der Waals surface area (Å²) in [6.45, 7) is 6.34. The van der Waals surface area contributed by atoms with Crippen LogP contribution < -0.4 is 0 Å². The van der Waals surface area contributed by atoms with Gasteiger partial charge in [-0.05, 0) is 6.07 Å². The van der Waals surface area contributed by atoms with Crippen molar-refractivity contribution in [3.05, 3.63) is 40.5 Å². The lowest BCUT2D eigenvalue weighted by Gasteiger charge is -1.93. The second-order valence-corrected chi connectivity index (χ2v) is 2.57. The van der Waals surface area contributed by atoms with Crippen LogP contribution in [0.5, 0.6) is 0 Å². The first-order valence-electron chi connectivity index (χ1n) is 3.21. The molecule has 1 rings (SSSR count). The van der Waals surface area contributed by atoms with E-state index in [2.05, 4.69) is 9.83 Å². The van der Waals surface area contributed by atoms with E-state index in [4.69, 9.17) is 18.2 Å². The quantitative estimate of drug-likeness (QED) is 0.514. The Bertz CT molecular complexity index is 343. The molecule has 0 radical (unpaired) electrons. The summed E-state index contributed by atoms with van der Waals surface area (Å²) < 4.78 is 0. The predicted molar refractivity (Wildman–Crippen MR) is 45.0 cm³/mol. The van der Waals surface area contributed by atoms with Crippen LogP contribution >= 0.6 is 11.6 Å². The van der Waals surface area contributed by atoms with Crippen LogP contribution in [0.4, 0.5) is 0 Å². The van der Waals surface area contributed by atoms with Crippen molar-refractivity contribution in [2.24, 2.45) is 0 Å². The number of hydrogen-bond acceptors (Lipinski definition) is 2. The third kappa shape index (κ3) is 2.04. The molecule has 4 heteroatoms. The van der Waals surface area contributed by atoms with Crippen LogP contribution in [0.25, 0.3) is 4.85 Å². The van der Waals surface area contributed by atoms with E-state index in [-0.39, 0.29) is 12.3 Å². The SMILES string of the molecule is [C-]#[N+]CC(=O)c1cncc(Cl)c1. The van der Waals surface area contributed by atoms with Crippen molar-refractivity contribution in [1.29, 1.82) is 0 Å². The fourth-order valence-electron chi connectivity index (χ4n) is 0.727. The zero-order chi connectivity index (χ0) is 8.97. The molecule has 1 aromatic rings. The minimum Gasteiger partial charge on any atom is -0.308 e. The summed E-state index contributed by atoms with van der Waals surface area (Å²) in [5.41, 5.74) is 0.388. The molecule has 0 bridgehead atoms. The van der Waals surface area contributed by atoms with E-state index in [0.29, 0.717) is 10.6 Å². The second-order valence-electron chi connectivity index (χ2n) is 2.13. The standard InChI is InChI=1S/C8H5ClN2O/c1-10-5-8(12)6-2-7(9)4-11-3-6/h2-4H,5H2. The summed E-state index contributed by atoms with van der Waals surface area (Å²) in [5.74, 6) is -0.250. The molecule has 12 heavy (non-hydrogen) atoms. The molecule has 0 amide bonds. The monoisotopic (exact) mass is 180 g/mol. The fourth-order valence-corrected chi connectivity index (χ4v) is 0.901. The third-order valence-electron chi connectivity index (χ3n) is 1.25. The number of aromatic nitrogens is 1. The van der Waals surface area contributed by atoms with E-state index in [1.165, 1.54) is 18.5 Å². The van der Waals surface area contributed by atoms with E-state index in [1.54, 1.807) is 0 Å². The second kappa shape index (κ2) is 3.84. The zero-order valence-corrected chi connectivity index (χ0v) is 6.88. The Hall–Kier alpha value is -1.40. The molecule has 0 aliphatic carbocycles. The summed E-state index contributed by atoms with van der Waals surface area (Å²) in [7, 11) is 0. The molecule has 0 aliphatic heterocycles. The Morgan fingerprint density at radius 1 is 1.67 bits per heavy atom. The molecule has 0 unspecified atom stereocenters. The maximum absolute atomic E-state index is 11.1. The number of pyridine rings is 1. The van der Waals surface area contributed by atoms with Crippen LogP contribution in [0.3, 0.4) is 0 Å². The Morgan fingerprint density at radius 3 is 3.00 bits per heavy atom. The first kappa shape index (κ1) is 8.69. The van der Waals surface area contributed by atoms with Crippen LogP contribution in [0.2, 0.25) is 5.02 Å². The molecule has 0 spiro atoms. The van der Waals surface area contributed by atoms with E-state index < -0.39 is 0 Å². The van der Waals surface area contributed by atoms with Gasteiger partial charge in [0, 0.05) is 18.0 Å². The topological polar surface area (TPSA) is 34.3 Å². The first-order chi connectivity index (χ1) is 5.74. The van der Waals surface area contributed by atoms with Gasteiger partial charge in [0.15, 0.2) is 0 Å². The van der Waals surface area contributed by atoms with Crippen LogP contribution in [0.15, 0.2) is 18.5 Å². The molecular formula is C8H5ClN2O. The molecule has 60 valence electrons. The average Bonchev–Trinajstić information content (AvgIpc) is 2.05. The van der Waals surface area contributed by atoms with Crippen LogP contribution in [-0.4, -0.2) is 17.3 Å². The summed E-state index contributed by atoms with van der Waals surface area (Å²) in [4.78, 5) is 17.8. The van der Waals surface area contributed by atoms with Crippen molar-refractivity contribution < 1.29 is 4.79 Å². The van der Waals surface area contributed by atoms with Gasteiger partial charge in [-0.1, -0.05) is 11.6 Å². The average molecular weight is 181 g/mol. The number of carbonyl (C=O) groups excluding carboxylic acids is 1. The van der Waals surface area contributed by atoms with Gasteiger partial charge in [0.25, 0.3) is 6.54 Å². The molecule has 3 nitrogen and oxygen atoms in total. The third-order valence-corrected chi connectivity index (χ3v) is 1.46. The number of rotatable bonds is 2. The first-order valence-corrected chi connectivity index (χ1v) is 3.59. The van der Waals surface area contributed by atoms with Crippen LogP contribution in [-0.2, 0) is 0 Å². The van der Waals surface area contributed by atoms with Crippen molar-refractivity contribution in [3.8, 4) is 0 Å². The molecule has 0 saturated heterocycles. The van der Waals surface area contributed by atoms with Gasteiger partial charge < -0.3 is 4.85 Å². The normalized spacial score (nSPS) is 9.00. The van der Waals surface area contributed by atoms with Crippen molar-refractivity contribution in [2.75, 3.05) is 6.54 Å². The van der Waals surface area contributed by atoms with Crippen LogP contribution in [0.1, 0.15) is 10.4 Å². The maximum Gasteiger partial charge on any atom is 0.276 e. The highest BCUT2D eigenvalue weighted by molar-refractivity contribution is 6.30. The minimum absolute atomic E-state index is 0.151. The number of hydrogen-bond donors (Lipinski definition) is 0. The molecule has 0 fully saturated rings. The summed E-state index contributed by atoms with van der Waals surface area (Å²) in [5, 5.41) is 0.408. The largest absolute Gasteiger partial charge is 0.308 e. The highest BCUT2D eigenvalue weighted by Crippen LogP contribution is 2.08. The van der Waals surface area contributed by atoms with Gasteiger partial charge in [0.05, 0.1) is 5.02 Å². The predicted octanol–water partition coefficient (Wildman–Crippen LogP) is 1.84. The highest BCUT2D eigenvalue weighted by atomic mass is 35.5. The lowest BCUT2D eigenvalue weighted by Crippen LogP contribution is -2.01. The van der Waals surface area contributed by atoms with Crippen molar-refractivity contribution in [1.82, 2.24) is 4.98 Å². The number of Topliss-reactive ketones (excluding diaryl/α,β-unsaturated/α-hetero) is 1. The van der Waals surface area contributed by atoms with E-state index >= 15 is 0 Å². The van der Waals surface area contributed by atoms with Gasteiger partial charge in [0.2, 0.25) is 5.78 Å².